The summed E-state index contributed by atoms with van der Waals surface area (Å²) in [6.45, 7) is 0. The molecule has 15 heavy (non-hydrogen) atoms. The summed E-state index contributed by atoms with van der Waals surface area (Å²) in [4.78, 5) is 31.8. The van der Waals surface area contributed by atoms with Gasteiger partial charge in [-0.15, -0.1) is 0 Å². The van der Waals surface area contributed by atoms with E-state index >= 15 is 0 Å². The molecule has 76 valence electrons. The van der Waals surface area contributed by atoms with Crippen LogP contribution in [-0.2, 0) is 0 Å². The third-order valence-corrected chi connectivity index (χ3v) is 1.86. The molecule has 1 N–H and O–H groups in total. The van der Waals surface area contributed by atoms with Crippen molar-refractivity contribution >= 4 is 11.6 Å². The van der Waals surface area contributed by atoms with E-state index in [1.54, 1.807) is 0 Å². The molecule has 2 heterocycles. The molecule has 0 bridgehead atoms. The van der Waals surface area contributed by atoms with Crippen LogP contribution < -0.4 is 11.2 Å². The van der Waals surface area contributed by atoms with Gasteiger partial charge in [0.1, 0.15) is 5.82 Å². The Hall–Kier alpha value is -1.95. The molecule has 0 radical (unpaired) electrons. The molecule has 0 aliphatic heterocycles. The van der Waals surface area contributed by atoms with E-state index in [9.17, 15) is 9.59 Å². The molecule has 0 saturated heterocycles. The second-order valence-corrected chi connectivity index (χ2v) is 3.00. The highest BCUT2D eigenvalue weighted by Crippen LogP contribution is 2.02. The second-order valence-electron chi connectivity index (χ2n) is 2.66. The molecule has 2 aromatic heterocycles. The fourth-order valence-electron chi connectivity index (χ4n) is 1.06. The van der Waals surface area contributed by atoms with Crippen molar-refractivity contribution in [1.82, 2.24) is 19.5 Å². The van der Waals surface area contributed by atoms with Crippen molar-refractivity contribution in [2.75, 3.05) is 0 Å². The van der Waals surface area contributed by atoms with Gasteiger partial charge < -0.3 is 0 Å². The first-order chi connectivity index (χ1) is 7.16. The summed E-state index contributed by atoms with van der Waals surface area (Å²) in [5.74, 6) is 0.302. The van der Waals surface area contributed by atoms with Crippen LogP contribution in [0.1, 0.15) is 0 Å². The van der Waals surface area contributed by atoms with Crippen LogP contribution in [0.4, 0.5) is 0 Å². The highest BCUT2D eigenvalue weighted by molar-refractivity contribution is 6.28. The van der Waals surface area contributed by atoms with Crippen LogP contribution in [0.15, 0.2) is 34.1 Å². The van der Waals surface area contributed by atoms with Gasteiger partial charge in [-0.05, 0) is 17.7 Å². The molecule has 0 aliphatic rings. The number of nitrogens with zero attached hydrogens (tertiary/aromatic N) is 3. The van der Waals surface area contributed by atoms with Crippen LogP contribution >= 0.6 is 11.6 Å². The first kappa shape index (κ1) is 9.60. The van der Waals surface area contributed by atoms with Crippen LogP contribution in [0, 0.1) is 0 Å². The number of aromatic amines is 1. The van der Waals surface area contributed by atoms with Crippen molar-refractivity contribution in [3.63, 3.8) is 0 Å². The first-order valence-electron chi connectivity index (χ1n) is 3.98. The number of hydrogen-bond acceptors (Lipinski definition) is 4. The number of halogens is 1. The molecule has 0 aromatic carbocycles. The summed E-state index contributed by atoms with van der Waals surface area (Å²) < 4.78 is 1.16. The van der Waals surface area contributed by atoms with Gasteiger partial charge in [-0.1, -0.05) is 0 Å². The predicted molar refractivity (Wildman–Crippen MR) is 53.3 cm³/mol. The molecule has 2 aromatic rings. The van der Waals surface area contributed by atoms with Gasteiger partial charge in [0.05, 0.1) is 0 Å². The normalized spacial score (nSPS) is 10.2. The van der Waals surface area contributed by atoms with Crippen LogP contribution in [-0.4, -0.2) is 19.5 Å². The quantitative estimate of drug-likeness (QED) is 0.690. The van der Waals surface area contributed by atoms with Crippen LogP contribution in [0.2, 0.25) is 5.28 Å². The molecule has 0 unspecified atom stereocenters. The highest BCUT2D eigenvalue weighted by atomic mass is 35.5. The summed E-state index contributed by atoms with van der Waals surface area (Å²) in [6.07, 6.45) is 2.74. The lowest BCUT2D eigenvalue weighted by Gasteiger charge is -2.01. The molecular formula is C8H5ClN4O2. The van der Waals surface area contributed by atoms with Crippen molar-refractivity contribution in [1.29, 1.82) is 0 Å². The summed E-state index contributed by atoms with van der Waals surface area (Å²) in [5.41, 5.74) is -1.03. The molecule has 0 saturated carbocycles. The van der Waals surface area contributed by atoms with Crippen LogP contribution in [0.3, 0.4) is 0 Å². The Labute approximate surface area is 88.2 Å². The Kier molecular flexibility index (Phi) is 2.34. The number of aromatic nitrogens is 4. The molecule has 0 aliphatic carbocycles. The standard InChI is InChI=1S/C8H5ClN4O2/c9-7-10-3-1-5(11-7)13-4-2-6(14)12-8(13)15/h1-4H,(H,12,14,15). The minimum absolute atomic E-state index is 0.0330. The lowest BCUT2D eigenvalue weighted by atomic mass is 10.5. The van der Waals surface area contributed by atoms with Crippen molar-refractivity contribution in [3.05, 3.63) is 50.6 Å². The molecule has 7 heteroatoms. The van der Waals surface area contributed by atoms with E-state index in [4.69, 9.17) is 11.6 Å². The van der Waals surface area contributed by atoms with Gasteiger partial charge in [-0.3, -0.25) is 14.3 Å². The predicted octanol–water partition coefficient (Wildman–Crippen LogP) is -0.0308. The number of hydrogen-bond donors (Lipinski definition) is 1. The number of H-pyrrole nitrogens is 1. The third kappa shape index (κ3) is 1.94. The van der Waals surface area contributed by atoms with Gasteiger partial charge in [-0.2, -0.15) is 4.98 Å². The van der Waals surface area contributed by atoms with Gasteiger partial charge in [0, 0.05) is 18.5 Å². The average Bonchev–Trinajstić information content (AvgIpc) is 2.17. The third-order valence-electron chi connectivity index (χ3n) is 1.68. The van der Waals surface area contributed by atoms with Crippen molar-refractivity contribution in [2.45, 2.75) is 0 Å². The topological polar surface area (TPSA) is 80.6 Å². The van der Waals surface area contributed by atoms with Crippen LogP contribution in [0.25, 0.3) is 5.82 Å². The minimum Gasteiger partial charge on any atom is -0.274 e. The van der Waals surface area contributed by atoms with Gasteiger partial charge in [0.25, 0.3) is 5.56 Å². The Balaban J connectivity index is 2.64. The maximum absolute atomic E-state index is 11.4. The summed E-state index contributed by atoms with van der Waals surface area (Å²) in [7, 11) is 0. The largest absolute Gasteiger partial charge is 0.334 e. The molecule has 2 rings (SSSR count). The van der Waals surface area contributed by atoms with Crippen molar-refractivity contribution in [2.24, 2.45) is 0 Å². The van der Waals surface area contributed by atoms with Gasteiger partial charge in [0.2, 0.25) is 5.28 Å². The van der Waals surface area contributed by atoms with E-state index < -0.39 is 11.2 Å². The molecule has 0 amide bonds. The van der Waals surface area contributed by atoms with E-state index in [-0.39, 0.29) is 5.28 Å². The zero-order chi connectivity index (χ0) is 10.8. The fourth-order valence-corrected chi connectivity index (χ4v) is 1.20. The SMILES string of the molecule is O=c1ccn(-c2ccnc(Cl)n2)c(=O)[nH]1. The van der Waals surface area contributed by atoms with E-state index in [2.05, 4.69) is 15.0 Å². The maximum Gasteiger partial charge on any atom is 0.334 e. The summed E-state index contributed by atoms with van der Waals surface area (Å²) >= 11 is 5.57. The Bertz CT molecular complexity index is 604. The summed E-state index contributed by atoms with van der Waals surface area (Å²) in [5, 5.41) is 0.0330. The van der Waals surface area contributed by atoms with E-state index in [1.807, 2.05) is 0 Å². The van der Waals surface area contributed by atoms with Crippen molar-refractivity contribution in [3.8, 4) is 5.82 Å². The second kappa shape index (κ2) is 3.66. The van der Waals surface area contributed by atoms with Gasteiger partial charge in [-0.25, -0.2) is 9.78 Å². The van der Waals surface area contributed by atoms with E-state index in [0.29, 0.717) is 5.82 Å². The lowest BCUT2D eigenvalue weighted by molar-refractivity contribution is 0.860. The molecular weight excluding hydrogens is 220 g/mol. The Morgan fingerprint density at radius 1 is 1.33 bits per heavy atom. The van der Waals surface area contributed by atoms with E-state index in [0.717, 1.165) is 4.57 Å². The summed E-state index contributed by atoms with van der Waals surface area (Å²) in [6, 6.07) is 2.73. The molecule has 0 atom stereocenters. The fraction of sp³-hybridized carbons (Fsp3) is 0. The zero-order valence-corrected chi connectivity index (χ0v) is 8.10. The molecule has 0 fully saturated rings. The number of nitrogens with one attached hydrogen (secondary N) is 1. The lowest BCUT2D eigenvalue weighted by Crippen LogP contribution is -2.27. The first-order valence-corrected chi connectivity index (χ1v) is 4.35. The Morgan fingerprint density at radius 3 is 2.80 bits per heavy atom. The average molecular weight is 225 g/mol. The highest BCUT2D eigenvalue weighted by Gasteiger charge is 2.01. The molecule has 0 spiro atoms. The monoisotopic (exact) mass is 224 g/mol. The smallest absolute Gasteiger partial charge is 0.274 e. The van der Waals surface area contributed by atoms with Gasteiger partial charge >= 0.3 is 5.69 Å². The minimum atomic E-state index is -0.572. The number of rotatable bonds is 1. The maximum atomic E-state index is 11.4. The van der Waals surface area contributed by atoms with E-state index in [1.165, 1.54) is 24.5 Å². The molecule has 6 nitrogen and oxygen atoms in total. The van der Waals surface area contributed by atoms with Crippen LogP contribution in [0.5, 0.6) is 0 Å². The zero-order valence-electron chi connectivity index (χ0n) is 7.35. The van der Waals surface area contributed by atoms with Gasteiger partial charge in [0.15, 0.2) is 0 Å². The Morgan fingerprint density at radius 2 is 2.13 bits per heavy atom. The van der Waals surface area contributed by atoms with Crippen molar-refractivity contribution < 1.29 is 0 Å².